The molecule has 2 aromatic heterocycles. The van der Waals surface area contributed by atoms with E-state index in [1.54, 1.807) is 7.11 Å². The number of rotatable bonds is 2. The highest BCUT2D eigenvalue weighted by molar-refractivity contribution is 5.47. The van der Waals surface area contributed by atoms with Gasteiger partial charge in [-0.2, -0.15) is 0 Å². The molecular weight excluding hydrogens is 226 g/mol. The molecule has 1 N–H and O–H groups in total. The van der Waals surface area contributed by atoms with Gasteiger partial charge in [0.2, 0.25) is 0 Å². The summed E-state index contributed by atoms with van der Waals surface area (Å²) in [6, 6.07) is 6.02. The summed E-state index contributed by atoms with van der Waals surface area (Å²) in [6.07, 6.45) is 2.45. The molecule has 0 bridgehead atoms. The molecule has 1 aliphatic rings. The van der Waals surface area contributed by atoms with E-state index < -0.39 is 0 Å². The van der Waals surface area contributed by atoms with Crippen molar-refractivity contribution in [3.05, 3.63) is 29.6 Å². The van der Waals surface area contributed by atoms with Crippen LogP contribution in [0.5, 0.6) is 5.88 Å². The molecule has 0 saturated carbocycles. The first kappa shape index (κ1) is 11.5. The normalized spacial score (nSPS) is 20.2. The highest BCUT2D eigenvalue weighted by Crippen LogP contribution is 2.29. The average Bonchev–Trinajstić information content (AvgIpc) is 2.75. The number of pyridine rings is 1. The van der Waals surface area contributed by atoms with Gasteiger partial charge < -0.3 is 10.1 Å². The van der Waals surface area contributed by atoms with E-state index in [1.807, 2.05) is 18.2 Å². The molecule has 3 rings (SSSR count). The Morgan fingerprint density at radius 2 is 2.33 bits per heavy atom. The molecule has 4 nitrogen and oxygen atoms in total. The standard InChI is InChI=1S/C14H19N3O/c1-10-14(11-5-4-8-15-9-11)17-12(16-10)6-3-7-13(17)18-2/h3,6-7,11,15H,4-5,8-9H2,1-2H3. The summed E-state index contributed by atoms with van der Waals surface area (Å²) in [5, 5.41) is 3.47. The van der Waals surface area contributed by atoms with Crippen LogP contribution in [0.4, 0.5) is 0 Å². The molecule has 0 spiro atoms. The molecule has 1 unspecified atom stereocenters. The Morgan fingerprint density at radius 3 is 3.06 bits per heavy atom. The van der Waals surface area contributed by atoms with Crippen molar-refractivity contribution in [2.75, 3.05) is 20.2 Å². The van der Waals surface area contributed by atoms with Gasteiger partial charge in [0.1, 0.15) is 5.65 Å². The molecule has 0 aromatic carbocycles. The number of nitrogens with zero attached hydrogens (tertiary/aromatic N) is 2. The number of piperidine rings is 1. The average molecular weight is 245 g/mol. The fourth-order valence-corrected chi connectivity index (χ4v) is 2.92. The Bertz CT molecular complexity index is 555. The zero-order chi connectivity index (χ0) is 12.5. The van der Waals surface area contributed by atoms with Crippen LogP contribution in [-0.4, -0.2) is 29.6 Å². The van der Waals surface area contributed by atoms with Crippen molar-refractivity contribution >= 4 is 5.65 Å². The minimum Gasteiger partial charge on any atom is -0.482 e. The molecule has 0 aliphatic carbocycles. The van der Waals surface area contributed by atoms with Crippen molar-refractivity contribution in [2.45, 2.75) is 25.7 Å². The van der Waals surface area contributed by atoms with Crippen LogP contribution in [-0.2, 0) is 0 Å². The van der Waals surface area contributed by atoms with Crippen molar-refractivity contribution in [3.63, 3.8) is 0 Å². The maximum absolute atomic E-state index is 5.47. The molecule has 1 saturated heterocycles. The van der Waals surface area contributed by atoms with Crippen molar-refractivity contribution in [1.82, 2.24) is 14.7 Å². The van der Waals surface area contributed by atoms with Crippen LogP contribution in [0.1, 0.15) is 30.1 Å². The van der Waals surface area contributed by atoms with Gasteiger partial charge in [0.05, 0.1) is 18.5 Å². The summed E-state index contributed by atoms with van der Waals surface area (Å²) in [4.78, 5) is 4.65. The molecule has 4 heteroatoms. The molecular formula is C14H19N3O. The number of hydrogen-bond acceptors (Lipinski definition) is 3. The van der Waals surface area contributed by atoms with E-state index in [2.05, 4.69) is 21.6 Å². The number of hydrogen-bond donors (Lipinski definition) is 1. The maximum atomic E-state index is 5.47. The number of nitrogens with one attached hydrogen (secondary N) is 1. The second-order valence-corrected chi connectivity index (χ2v) is 4.89. The zero-order valence-electron chi connectivity index (χ0n) is 10.9. The summed E-state index contributed by atoms with van der Waals surface area (Å²) in [5.41, 5.74) is 3.40. The third-order valence-electron chi connectivity index (χ3n) is 3.72. The van der Waals surface area contributed by atoms with Gasteiger partial charge in [-0.05, 0) is 38.4 Å². The summed E-state index contributed by atoms with van der Waals surface area (Å²) in [5.74, 6) is 1.40. The number of ether oxygens (including phenoxy) is 1. The molecule has 1 atom stereocenters. The van der Waals surface area contributed by atoms with E-state index in [4.69, 9.17) is 4.74 Å². The minimum atomic E-state index is 0.532. The summed E-state index contributed by atoms with van der Waals surface area (Å²) in [6.45, 7) is 4.26. The van der Waals surface area contributed by atoms with E-state index >= 15 is 0 Å². The van der Waals surface area contributed by atoms with Crippen LogP contribution < -0.4 is 10.1 Å². The Balaban J connectivity index is 2.17. The van der Waals surface area contributed by atoms with Gasteiger partial charge in [-0.1, -0.05) is 6.07 Å². The van der Waals surface area contributed by atoms with Gasteiger partial charge in [0, 0.05) is 12.5 Å². The molecule has 3 heterocycles. The van der Waals surface area contributed by atoms with Crippen molar-refractivity contribution in [3.8, 4) is 5.88 Å². The summed E-state index contributed by atoms with van der Waals surface area (Å²) in [7, 11) is 1.72. The highest BCUT2D eigenvalue weighted by atomic mass is 16.5. The van der Waals surface area contributed by atoms with Gasteiger partial charge in [-0.15, -0.1) is 0 Å². The van der Waals surface area contributed by atoms with Crippen LogP contribution in [0.3, 0.4) is 0 Å². The molecule has 1 fully saturated rings. The van der Waals surface area contributed by atoms with Gasteiger partial charge in [-0.25, -0.2) is 4.98 Å². The van der Waals surface area contributed by atoms with E-state index in [9.17, 15) is 0 Å². The van der Waals surface area contributed by atoms with Crippen molar-refractivity contribution in [1.29, 1.82) is 0 Å². The number of aryl methyl sites for hydroxylation is 1. The number of methoxy groups -OCH3 is 1. The second kappa shape index (κ2) is 4.61. The fourth-order valence-electron chi connectivity index (χ4n) is 2.92. The molecule has 96 valence electrons. The first-order chi connectivity index (χ1) is 8.81. The van der Waals surface area contributed by atoms with Gasteiger partial charge in [0.15, 0.2) is 5.88 Å². The lowest BCUT2D eigenvalue weighted by molar-refractivity contribution is 0.384. The third-order valence-corrected chi connectivity index (χ3v) is 3.72. The SMILES string of the molecule is COc1cccc2nc(C)c(C3CCCNC3)n12. The first-order valence-corrected chi connectivity index (χ1v) is 6.54. The van der Waals surface area contributed by atoms with Gasteiger partial charge in [0.25, 0.3) is 0 Å². The quantitative estimate of drug-likeness (QED) is 0.880. The number of fused-ring (bicyclic) bond motifs is 1. The van der Waals surface area contributed by atoms with Crippen LogP contribution in [0.2, 0.25) is 0 Å². The van der Waals surface area contributed by atoms with Crippen LogP contribution in [0.25, 0.3) is 5.65 Å². The van der Waals surface area contributed by atoms with E-state index in [-0.39, 0.29) is 0 Å². The van der Waals surface area contributed by atoms with Crippen molar-refractivity contribution < 1.29 is 4.74 Å². The van der Waals surface area contributed by atoms with Crippen LogP contribution in [0.15, 0.2) is 18.2 Å². The maximum Gasteiger partial charge on any atom is 0.199 e. The molecule has 0 radical (unpaired) electrons. The largest absolute Gasteiger partial charge is 0.482 e. The predicted molar refractivity (Wildman–Crippen MR) is 71.3 cm³/mol. The molecule has 18 heavy (non-hydrogen) atoms. The lowest BCUT2D eigenvalue weighted by atomic mass is 9.95. The second-order valence-electron chi connectivity index (χ2n) is 4.89. The Kier molecular flexibility index (Phi) is 2.96. The Labute approximate surface area is 107 Å². The predicted octanol–water partition coefficient (Wildman–Crippen LogP) is 2.12. The van der Waals surface area contributed by atoms with Crippen LogP contribution in [0, 0.1) is 6.92 Å². The lowest BCUT2D eigenvalue weighted by Gasteiger charge is -2.23. The lowest BCUT2D eigenvalue weighted by Crippen LogP contribution is -2.29. The van der Waals surface area contributed by atoms with E-state index in [0.29, 0.717) is 5.92 Å². The molecule has 1 aliphatic heterocycles. The number of aromatic nitrogens is 2. The monoisotopic (exact) mass is 245 g/mol. The van der Waals surface area contributed by atoms with Gasteiger partial charge in [-0.3, -0.25) is 4.40 Å². The van der Waals surface area contributed by atoms with E-state index in [1.165, 1.54) is 18.5 Å². The van der Waals surface area contributed by atoms with E-state index in [0.717, 1.165) is 30.3 Å². The van der Waals surface area contributed by atoms with Crippen LogP contribution >= 0.6 is 0 Å². The summed E-state index contributed by atoms with van der Waals surface area (Å²) >= 11 is 0. The Morgan fingerprint density at radius 1 is 1.44 bits per heavy atom. The number of imidazole rings is 1. The van der Waals surface area contributed by atoms with Crippen molar-refractivity contribution in [2.24, 2.45) is 0 Å². The molecule has 0 amide bonds. The summed E-state index contributed by atoms with van der Waals surface area (Å²) < 4.78 is 7.63. The topological polar surface area (TPSA) is 38.6 Å². The van der Waals surface area contributed by atoms with Gasteiger partial charge >= 0.3 is 0 Å². The molecule has 2 aromatic rings. The Hall–Kier alpha value is -1.55. The minimum absolute atomic E-state index is 0.532. The zero-order valence-corrected chi connectivity index (χ0v) is 10.9. The smallest absolute Gasteiger partial charge is 0.199 e. The third kappa shape index (κ3) is 1.77. The highest BCUT2D eigenvalue weighted by Gasteiger charge is 2.22. The fraction of sp³-hybridized carbons (Fsp3) is 0.500. The first-order valence-electron chi connectivity index (χ1n) is 6.54.